The van der Waals surface area contributed by atoms with Crippen LogP contribution in [-0.4, -0.2) is 65.5 Å². The fourth-order valence-corrected chi connectivity index (χ4v) is 2.40. The Bertz CT molecular complexity index is 541. The molecule has 0 amide bonds. The first-order chi connectivity index (χ1) is 11.4. The minimum atomic E-state index is 0. The van der Waals surface area contributed by atoms with Crippen molar-refractivity contribution in [3.05, 3.63) is 23.8 Å². The van der Waals surface area contributed by atoms with E-state index in [0.29, 0.717) is 30.6 Å². The predicted molar refractivity (Wildman–Crippen MR) is 112 cm³/mol. The van der Waals surface area contributed by atoms with E-state index in [1.807, 2.05) is 39.2 Å². The molecule has 1 aromatic carbocycles. The van der Waals surface area contributed by atoms with Gasteiger partial charge in [0, 0.05) is 13.2 Å². The zero-order valence-electron chi connectivity index (χ0n) is 15.9. The maximum Gasteiger partial charge on any atom is 0.188 e. The number of aliphatic imine (C=N–C) groups is 1. The average Bonchev–Trinajstić information content (AvgIpc) is 2.54. The summed E-state index contributed by atoms with van der Waals surface area (Å²) in [6.45, 7) is 3.09. The number of likely N-dealkylation sites (N-methyl/N-ethyl adjacent to an activating group) is 1. The van der Waals surface area contributed by atoms with Crippen LogP contribution < -0.4 is 20.5 Å². The molecule has 25 heavy (non-hydrogen) atoms. The Hall–Kier alpha value is -1.26. The fraction of sp³-hybridized carbons (Fsp3) is 0.588. The number of rotatable bonds is 9. The van der Waals surface area contributed by atoms with Crippen LogP contribution in [0.5, 0.6) is 11.5 Å². The Labute approximate surface area is 167 Å². The number of nitrogens with two attached hydrogens (primary N) is 1. The number of ether oxygens (including phenoxy) is 3. The van der Waals surface area contributed by atoms with Crippen molar-refractivity contribution in [2.75, 3.05) is 48.6 Å². The summed E-state index contributed by atoms with van der Waals surface area (Å²) < 4.78 is 15.7. The second-order valence-electron chi connectivity index (χ2n) is 5.82. The summed E-state index contributed by atoms with van der Waals surface area (Å²) in [6.07, 6.45) is 0. The Kier molecular flexibility index (Phi) is 11.5. The van der Waals surface area contributed by atoms with Gasteiger partial charge in [-0.2, -0.15) is 0 Å². The summed E-state index contributed by atoms with van der Waals surface area (Å²) in [7, 11) is 8.93. The molecule has 0 fully saturated rings. The SMILES string of the molecule is COCC(C)NC(N)=NCC(c1ccc(OC)c(OC)c1)N(C)C.I. The summed E-state index contributed by atoms with van der Waals surface area (Å²) in [6, 6.07) is 6.06. The molecule has 1 rings (SSSR count). The van der Waals surface area contributed by atoms with Crippen molar-refractivity contribution in [2.45, 2.75) is 19.0 Å². The number of halogens is 1. The van der Waals surface area contributed by atoms with Crippen LogP contribution in [0.4, 0.5) is 0 Å². The quantitative estimate of drug-likeness (QED) is 0.329. The van der Waals surface area contributed by atoms with Gasteiger partial charge in [-0.3, -0.25) is 4.99 Å². The van der Waals surface area contributed by atoms with Gasteiger partial charge in [-0.15, -0.1) is 24.0 Å². The van der Waals surface area contributed by atoms with Crippen LogP contribution in [-0.2, 0) is 4.74 Å². The van der Waals surface area contributed by atoms with E-state index in [-0.39, 0.29) is 36.1 Å². The molecule has 0 bridgehead atoms. The number of methoxy groups -OCH3 is 3. The molecule has 0 aliphatic carbocycles. The van der Waals surface area contributed by atoms with Crippen molar-refractivity contribution in [2.24, 2.45) is 10.7 Å². The third-order valence-electron chi connectivity index (χ3n) is 3.66. The van der Waals surface area contributed by atoms with Crippen LogP contribution in [0.25, 0.3) is 0 Å². The smallest absolute Gasteiger partial charge is 0.188 e. The first-order valence-electron chi connectivity index (χ1n) is 7.86. The zero-order valence-corrected chi connectivity index (χ0v) is 18.2. The lowest BCUT2D eigenvalue weighted by Crippen LogP contribution is -2.41. The summed E-state index contributed by atoms with van der Waals surface area (Å²) in [5, 5.41) is 3.11. The van der Waals surface area contributed by atoms with Gasteiger partial charge in [-0.1, -0.05) is 6.07 Å². The van der Waals surface area contributed by atoms with Crippen LogP contribution in [0.1, 0.15) is 18.5 Å². The van der Waals surface area contributed by atoms with E-state index in [1.165, 1.54) is 0 Å². The van der Waals surface area contributed by atoms with Crippen LogP contribution in [0, 0.1) is 0 Å². The van der Waals surface area contributed by atoms with Crippen molar-refractivity contribution >= 4 is 29.9 Å². The monoisotopic (exact) mass is 466 g/mol. The van der Waals surface area contributed by atoms with Crippen LogP contribution in [0.3, 0.4) is 0 Å². The Morgan fingerprint density at radius 3 is 2.36 bits per heavy atom. The first-order valence-corrected chi connectivity index (χ1v) is 7.86. The Morgan fingerprint density at radius 2 is 1.84 bits per heavy atom. The van der Waals surface area contributed by atoms with Crippen molar-refractivity contribution in [1.82, 2.24) is 10.2 Å². The molecule has 0 aliphatic rings. The molecule has 0 heterocycles. The van der Waals surface area contributed by atoms with E-state index in [1.54, 1.807) is 21.3 Å². The minimum absolute atomic E-state index is 0. The normalized spacial score (nSPS) is 13.8. The molecular weight excluding hydrogens is 435 g/mol. The summed E-state index contributed by atoms with van der Waals surface area (Å²) in [4.78, 5) is 6.55. The topological polar surface area (TPSA) is 81.3 Å². The number of nitrogens with zero attached hydrogens (tertiary/aromatic N) is 2. The molecule has 2 atom stereocenters. The van der Waals surface area contributed by atoms with Gasteiger partial charge in [0.15, 0.2) is 17.5 Å². The minimum Gasteiger partial charge on any atom is -0.493 e. The average molecular weight is 466 g/mol. The van der Waals surface area contributed by atoms with Gasteiger partial charge in [0.1, 0.15) is 0 Å². The van der Waals surface area contributed by atoms with Gasteiger partial charge in [-0.05, 0) is 38.7 Å². The number of guanidine groups is 1. The molecule has 1 aromatic rings. The third-order valence-corrected chi connectivity index (χ3v) is 3.66. The molecular formula is C17H31IN4O3. The fourth-order valence-electron chi connectivity index (χ4n) is 2.40. The van der Waals surface area contributed by atoms with Crippen molar-refractivity contribution in [3.8, 4) is 11.5 Å². The van der Waals surface area contributed by atoms with Gasteiger partial charge < -0.3 is 30.2 Å². The van der Waals surface area contributed by atoms with Crippen molar-refractivity contribution in [3.63, 3.8) is 0 Å². The van der Waals surface area contributed by atoms with Crippen LogP contribution in [0.15, 0.2) is 23.2 Å². The lowest BCUT2D eigenvalue weighted by atomic mass is 10.1. The highest BCUT2D eigenvalue weighted by molar-refractivity contribution is 14.0. The largest absolute Gasteiger partial charge is 0.493 e. The third kappa shape index (κ3) is 7.66. The van der Waals surface area contributed by atoms with E-state index < -0.39 is 0 Å². The standard InChI is InChI=1S/C17H30N4O3.HI/c1-12(11-22-4)20-17(18)19-10-14(21(2)3)13-7-8-15(23-5)16(9-13)24-6;/h7-9,12,14H,10-11H2,1-6H3,(H3,18,19,20);1H. The molecule has 0 spiro atoms. The molecule has 0 aromatic heterocycles. The van der Waals surface area contributed by atoms with Crippen LogP contribution >= 0.6 is 24.0 Å². The van der Waals surface area contributed by atoms with Gasteiger partial charge in [0.05, 0.1) is 33.4 Å². The summed E-state index contributed by atoms with van der Waals surface area (Å²) in [5.41, 5.74) is 7.04. The highest BCUT2D eigenvalue weighted by Crippen LogP contribution is 2.31. The Balaban J connectivity index is 0.00000576. The van der Waals surface area contributed by atoms with E-state index in [4.69, 9.17) is 19.9 Å². The molecule has 0 aliphatic heterocycles. The molecule has 8 heteroatoms. The molecule has 0 radical (unpaired) electrons. The summed E-state index contributed by atoms with van der Waals surface area (Å²) in [5.74, 6) is 1.81. The van der Waals surface area contributed by atoms with Crippen molar-refractivity contribution in [1.29, 1.82) is 0 Å². The van der Waals surface area contributed by atoms with E-state index in [2.05, 4.69) is 15.2 Å². The van der Waals surface area contributed by atoms with Gasteiger partial charge >= 0.3 is 0 Å². The molecule has 0 saturated heterocycles. The van der Waals surface area contributed by atoms with Gasteiger partial charge in [0.25, 0.3) is 0 Å². The molecule has 0 saturated carbocycles. The van der Waals surface area contributed by atoms with E-state index in [0.717, 1.165) is 5.56 Å². The van der Waals surface area contributed by atoms with E-state index >= 15 is 0 Å². The van der Waals surface area contributed by atoms with Crippen LogP contribution in [0.2, 0.25) is 0 Å². The molecule has 7 nitrogen and oxygen atoms in total. The maximum absolute atomic E-state index is 5.95. The van der Waals surface area contributed by atoms with Gasteiger partial charge in [-0.25, -0.2) is 0 Å². The lowest BCUT2D eigenvalue weighted by Gasteiger charge is -2.24. The molecule has 144 valence electrons. The second-order valence-corrected chi connectivity index (χ2v) is 5.82. The van der Waals surface area contributed by atoms with E-state index in [9.17, 15) is 0 Å². The lowest BCUT2D eigenvalue weighted by molar-refractivity contribution is 0.179. The highest BCUT2D eigenvalue weighted by Gasteiger charge is 2.16. The molecule has 2 unspecified atom stereocenters. The number of benzene rings is 1. The summed E-state index contributed by atoms with van der Waals surface area (Å²) >= 11 is 0. The highest BCUT2D eigenvalue weighted by atomic mass is 127. The maximum atomic E-state index is 5.95. The predicted octanol–water partition coefficient (Wildman–Crippen LogP) is 1.86. The zero-order chi connectivity index (χ0) is 18.1. The molecule has 3 N–H and O–H groups in total. The number of hydrogen-bond donors (Lipinski definition) is 2. The van der Waals surface area contributed by atoms with Gasteiger partial charge in [0.2, 0.25) is 0 Å². The Morgan fingerprint density at radius 1 is 1.20 bits per heavy atom. The number of hydrogen-bond acceptors (Lipinski definition) is 5. The number of nitrogens with one attached hydrogen (secondary N) is 1. The van der Waals surface area contributed by atoms with Crippen molar-refractivity contribution < 1.29 is 14.2 Å². The first kappa shape index (κ1) is 23.7. The second kappa shape index (κ2) is 12.2.